The van der Waals surface area contributed by atoms with Crippen LogP contribution in [0.5, 0.6) is 0 Å². The van der Waals surface area contributed by atoms with E-state index in [1.54, 1.807) is 30.6 Å². The van der Waals surface area contributed by atoms with Gasteiger partial charge in [-0.1, -0.05) is 156 Å². The number of nitrogens with one attached hydrogen (secondary N) is 4. The maximum Gasteiger partial charge on any atom is 0.320 e. The van der Waals surface area contributed by atoms with Crippen LogP contribution in [0.2, 0.25) is 0 Å². The lowest BCUT2D eigenvalue weighted by Gasteiger charge is -2.37. The minimum absolute atomic E-state index is 0.00653. The zero-order chi connectivity index (χ0) is 91.8. The number of carbonyl (C=O) groups is 16. The van der Waals surface area contributed by atoms with Gasteiger partial charge in [-0.15, -0.1) is 0 Å². The van der Waals surface area contributed by atoms with Gasteiger partial charge in [-0.3, -0.25) is 106 Å². The monoisotopic (exact) mass is 1730 g/mol. The lowest BCUT2D eigenvalue weighted by Crippen LogP contribution is -2.50. The number of aliphatic carboxylic acids is 10. The summed E-state index contributed by atoms with van der Waals surface area (Å²) >= 11 is 0. The van der Waals surface area contributed by atoms with Crippen LogP contribution in [-0.4, -0.2) is 320 Å². The Kier molecular flexibility index (Phi) is 43.1. The van der Waals surface area contributed by atoms with Crippen molar-refractivity contribution in [2.75, 3.05) is 111 Å². The number of imidazole rings is 1. The molecule has 0 saturated carbocycles. The van der Waals surface area contributed by atoms with Crippen LogP contribution in [0, 0.1) is 23.7 Å². The molecule has 4 amide bonds. The Morgan fingerprint density at radius 3 is 1.19 bits per heavy atom. The first-order chi connectivity index (χ1) is 58.8. The molecule has 1 unspecified atom stereocenters. The summed E-state index contributed by atoms with van der Waals surface area (Å²) in [6.07, 6.45) is 1.88. The van der Waals surface area contributed by atoms with E-state index in [-0.39, 0.29) is 95.4 Å². The van der Waals surface area contributed by atoms with E-state index >= 15 is 0 Å². The summed E-state index contributed by atoms with van der Waals surface area (Å²) in [5.41, 5.74) is 4.05. The number of hydrogen-bond donors (Lipinski definition) is 14. The molecule has 0 aliphatic heterocycles. The van der Waals surface area contributed by atoms with Crippen LogP contribution in [0.25, 0.3) is 0 Å². The largest absolute Gasteiger partial charge is 0.480 e. The van der Waals surface area contributed by atoms with E-state index < -0.39 is 235 Å². The molecule has 0 saturated heterocycles. The van der Waals surface area contributed by atoms with E-state index in [1.165, 1.54) is 9.80 Å². The van der Waals surface area contributed by atoms with Crippen LogP contribution >= 0.6 is 0 Å². The van der Waals surface area contributed by atoms with Crippen molar-refractivity contribution in [2.24, 2.45) is 23.7 Å². The third-order valence-electron chi connectivity index (χ3n) is 21.1. The molecule has 1 heterocycles. The lowest BCUT2D eigenvalue weighted by atomic mass is 9.76. The molecule has 14 N–H and O–H groups in total. The van der Waals surface area contributed by atoms with Crippen molar-refractivity contribution in [3.63, 3.8) is 0 Å². The maximum atomic E-state index is 14.5. The van der Waals surface area contributed by atoms with Gasteiger partial charge in [-0.2, -0.15) is 0 Å². The van der Waals surface area contributed by atoms with Gasteiger partial charge in [0.05, 0.1) is 70.4 Å². The standard InChI is InChI=1S/C86H116N12O26/c1-6-57(4)65(44-71(100)58(5)43-64-46-98(55-89-64)86(61-16-10-7-11-17-61,62-18-12-8-13-19-62)63-20-14-9-15-21-63)82(119)91-67(42-56(2)3)83(120)88-45-60-24-22-59(23-25-60)26-29-70(99)66(90-73(102)31-28-69(85(123)124)97(40-36-94(51-78(111)112)52-79(113)114)41-37-95(53-80(115)116)54-81(117)118)32-33-87-72(101)30-27-68(84(121)122)96(38-34-92(47-74(103)104)48-75(105)106)39-35-93(49-76(107)108)50-77(109)110/h7-25,46,55-58,65-69H,6,26-45,47-54H2,1-5H3,(H,87,101)(H,88,120)(H,90,102)(H,91,119)(H,103,104)(H,105,106)(H,107,108)(H,109,110)(H,111,112)(H,113,114)(H,115,116)(H,117,118)(H,121,122)(H,123,124)/t57?,58-,65-,66-,67-,68-,69-/m0/s1. The predicted molar refractivity (Wildman–Crippen MR) is 446 cm³/mol. The maximum absolute atomic E-state index is 14.5. The van der Waals surface area contributed by atoms with E-state index in [0.29, 0.717) is 23.2 Å². The van der Waals surface area contributed by atoms with Crippen molar-refractivity contribution in [3.05, 3.63) is 161 Å². The number of carboxylic acid groups (broad SMARTS) is 10. The highest BCUT2D eigenvalue weighted by Crippen LogP contribution is 2.41. The summed E-state index contributed by atoms with van der Waals surface area (Å²) in [6, 6.07) is 31.3. The molecule has 676 valence electrons. The Labute approximate surface area is 717 Å². The van der Waals surface area contributed by atoms with Gasteiger partial charge in [0, 0.05) is 116 Å². The molecular formula is C86H116N12O26. The number of rotatable bonds is 64. The molecule has 38 heteroatoms. The number of carbonyl (C=O) groups excluding carboxylic acids is 6. The molecule has 0 aliphatic carbocycles. The third-order valence-corrected chi connectivity index (χ3v) is 21.1. The van der Waals surface area contributed by atoms with Crippen molar-refractivity contribution in [1.29, 1.82) is 0 Å². The van der Waals surface area contributed by atoms with Crippen LogP contribution in [0.15, 0.2) is 128 Å². The van der Waals surface area contributed by atoms with E-state index in [9.17, 15) is 128 Å². The second-order valence-corrected chi connectivity index (χ2v) is 31.1. The van der Waals surface area contributed by atoms with Gasteiger partial charge in [0.2, 0.25) is 23.6 Å². The van der Waals surface area contributed by atoms with Crippen LogP contribution < -0.4 is 21.3 Å². The molecule has 5 aromatic rings. The number of aryl methyl sites for hydroxylation is 1. The van der Waals surface area contributed by atoms with Crippen LogP contribution in [0.4, 0.5) is 0 Å². The molecular weight excluding hydrogens is 1620 g/mol. The Hall–Kier alpha value is -12.2. The van der Waals surface area contributed by atoms with E-state index in [2.05, 4.69) is 62.2 Å². The highest BCUT2D eigenvalue weighted by molar-refractivity contribution is 5.92. The number of amides is 4. The van der Waals surface area contributed by atoms with Gasteiger partial charge < -0.3 is 76.9 Å². The fraction of sp³-hybridized carbons (Fsp3) is 0.500. The van der Waals surface area contributed by atoms with Crippen molar-refractivity contribution in [2.45, 2.75) is 141 Å². The normalized spacial score (nSPS) is 13.3. The predicted octanol–water partition coefficient (Wildman–Crippen LogP) is 2.82. The molecule has 0 spiro atoms. The molecule has 0 bridgehead atoms. The van der Waals surface area contributed by atoms with Crippen LogP contribution in [-0.2, 0) is 102 Å². The highest BCUT2D eigenvalue weighted by atomic mass is 16.4. The van der Waals surface area contributed by atoms with Crippen LogP contribution in [0.1, 0.15) is 126 Å². The average Bonchev–Trinajstić information content (AvgIpc) is 1.37. The minimum atomic E-state index is -1.67. The number of benzene rings is 4. The smallest absolute Gasteiger partial charge is 0.320 e. The first-order valence-electron chi connectivity index (χ1n) is 40.8. The fourth-order valence-corrected chi connectivity index (χ4v) is 14.7. The molecule has 5 rings (SSSR count). The summed E-state index contributed by atoms with van der Waals surface area (Å²) in [6.45, 7) is -0.524. The first-order valence-corrected chi connectivity index (χ1v) is 40.8. The molecule has 1 aromatic heterocycles. The highest BCUT2D eigenvalue weighted by Gasteiger charge is 2.40. The third kappa shape index (κ3) is 35.7. The van der Waals surface area contributed by atoms with Gasteiger partial charge in [-0.05, 0) is 71.8 Å². The molecule has 0 aliphatic rings. The zero-order valence-corrected chi connectivity index (χ0v) is 70.3. The van der Waals surface area contributed by atoms with Gasteiger partial charge in [0.15, 0.2) is 5.78 Å². The summed E-state index contributed by atoms with van der Waals surface area (Å²) in [4.78, 5) is 216. The van der Waals surface area contributed by atoms with Gasteiger partial charge in [0.1, 0.15) is 29.4 Å². The lowest BCUT2D eigenvalue weighted by molar-refractivity contribution is -0.146. The quantitative estimate of drug-likeness (QED) is 0.0249. The zero-order valence-electron chi connectivity index (χ0n) is 70.3. The molecule has 4 aromatic carbocycles. The second-order valence-electron chi connectivity index (χ2n) is 31.1. The van der Waals surface area contributed by atoms with Crippen molar-refractivity contribution in [1.82, 2.24) is 60.2 Å². The molecule has 124 heavy (non-hydrogen) atoms. The number of ketones is 2. The van der Waals surface area contributed by atoms with Gasteiger partial charge >= 0.3 is 59.7 Å². The fourth-order valence-electron chi connectivity index (χ4n) is 14.7. The van der Waals surface area contributed by atoms with Crippen LogP contribution in [0.3, 0.4) is 0 Å². The summed E-state index contributed by atoms with van der Waals surface area (Å²) in [7, 11) is 0. The number of hydrogen-bond acceptors (Lipinski definition) is 23. The Morgan fingerprint density at radius 2 is 0.815 bits per heavy atom. The Morgan fingerprint density at radius 1 is 0.427 bits per heavy atom. The second kappa shape index (κ2) is 52.3. The number of Topliss-reactive ketones (excluding diaryl/α,β-unsaturated/α-hetero) is 2. The van der Waals surface area contributed by atoms with E-state index in [4.69, 9.17) is 4.98 Å². The van der Waals surface area contributed by atoms with Crippen molar-refractivity contribution in [3.8, 4) is 0 Å². The SMILES string of the molecule is CCC(C)[C@H](CC(=O)[C@@H](C)Cc1cn(C(c2ccccc2)(c2ccccc2)c2ccccc2)cn1)C(=O)N[C@@H](CC(C)C)C(=O)NCc1ccc(CCC(=O)[C@H](CCNC(=O)CC[C@@H](C(=O)O)N(CCN(CC(=O)O)CC(=O)O)CCN(CC(=O)O)CC(=O)O)NC(=O)CC[C@@H](C(=O)O)N(CCN(CC(=O)O)CC(=O)O)CCN(CC(=O)O)CC(=O)O)cc1. The number of carboxylic acids is 10. The summed E-state index contributed by atoms with van der Waals surface area (Å²) in [5.74, 6) is -19.7. The Balaban J connectivity index is 1.33. The summed E-state index contributed by atoms with van der Waals surface area (Å²) in [5, 5.41) is 108. The molecule has 0 fully saturated rings. The minimum Gasteiger partial charge on any atom is -0.480 e. The van der Waals surface area contributed by atoms with Crippen molar-refractivity contribution < 1.29 is 128 Å². The summed E-state index contributed by atoms with van der Waals surface area (Å²) < 4.78 is 2.08. The van der Waals surface area contributed by atoms with E-state index in [0.717, 1.165) is 36.3 Å². The van der Waals surface area contributed by atoms with E-state index in [1.807, 2.05) is 95.4 Å². The first kappa shape index (κ1) is 102. The Bertz CT molecular complexity index is 4140. The average molecular weight is 1730 g/mol. The van der Waals surface area contributed by atoms with Gasteiger partial charge in [0.25, 0.3) is 0 Å². The molecule has 38 nitrogen and oxygen atoms in total. The van der Waals surface area contributed by atoms with Gasteiger partial charge in [-0.25, -0.2) is 4.98 Å². The number of nitrogens with zero attached hydrogens (tertiary/aromatic N) is 8. The molecule has 7 atom stereocenters. The van der Waals surface area contributed by atoms with Crippen molar-refractivity contribution >= 4 is 94.9 Å². The molecule has 0 radical (unpaired) electrons. The number of aromatic nitrogens is 2. The topological polar surface area (TPSA) is 561 Å².